The summed E-state index contributed by atoms with van der Waals surface area (Å²) in [5, 5.41) is 17.4. The van der Waals surface area contributed by atoms with Crippen LogP contribution in [0.4, 0.5) is 52.7 Å². The van der Waals surface area contributed by atoms with Gasteiger partial charge in [-0.3, -0.25) is 0 Å². The summed E-state index contributed by atoms with van der Waals surface area (Å²) < 4.78 is 165. The first-order chi connectivity index (χ1) is 14.3. The van der Waals surface area contributed by atoms with Crippen molar-refractivity contribution in [2.24, 2.45) is 5.92 Å². The molecule has 0 aromatic rings. The SMILES string of the molecule is CCCCCCCC(F)(F)C(F)(F)C(F)(F)C(F)(F)C(F)(F)C(F)(F)CCC(CO)CO. The Morgan fingerprint density at radius 3 is 1.28 bits per heavy atom. The molecule has 14 heteroatoms. The third-order valence-electron chi connectivity index (χ3n) is 5.08. The first kappa shape index (κ1) is 31.1. The van der Waals surface area contributed by atoms with E-state index in [1.165, 1.54) is 0 Å². The minimum atomic E-state index is -7.58. The third kappa shape index (κ3) is 5.95. The number of unbranched alkanes of at least 4 members (excludes halogenated alkanes) is 4. The normalized spacial score (nSPS) is 15.0. The van der Waals surface area contributed by atoms with Crippen molar-refractivity contribution in [2.75, 3.05) is 13.2 Å². The maximum Gasteiger partial charge on any atom is 0.384 e. The zero-order valence-corrected chi connectivity index (χ0v) is 17.1. The highest BCUT2D eigenvalue weighted by Crippen LogP contribution is 2.61. The zero-order valence-electron chi connectivity index (χ0n) is 17.1. The van der Waals surface area contributed by atoms with Crippen molar-refractivity contribution in [2.45, 2.75) is 93.8 Å². The van der Waals surface area contributed by atoms with Gasteiger partial charge in [-0.25, -0.2) is 0 Å². The highest BCUT2D eigenvalue weighted by atomic mass is 19.4. The third-order valence-corrected chi connectivity index (χ3v) is 5.08. The van der Waals surface area contributed by atoms with E-state index in [-0.39, 0.29) is 12.8 Å². The Hall–Kier alpha value is -0.920. The van der Waals surface area contributed by atoms with Crippen molar-refractivity contribution < 1.29 is 62.9 Å². The fraction of sp³-hybridized carbons (Fsp3) is 1.00. The molecule has 0 radical (unpaired) electrons. The van der Waals surface area contributed by atoms with Crippen LogP contribution in [0.5, 0.6) is 0 Å². The lowest BCUT2D eigenvalue weighted by atomic mass is 9.87. The molecular formula is C18H26F12O2. The molecule has 0 aromatic carbocycles. The van der Waals surface area contributed by atoms with Crippen LogP contribution in [0.1, 0.15) is 58.3 Å². The van der Waals surface area contributed by atoms with E-state index in [0.717, 1.165) is 0 Å². The fourth-order valence-electron chi connectivity index (χ4n) is 2.74. The monoisotopic (exact) mass is 502 g/mol. The summed E-state index contributed by atoms with van der Waals surface area (Å²) >= 11 is 0. The summed E-state index contributed by atoms with van der Waals surface area (Å²) in [5.74, 6) is -42.8. The van der Waals surface area contributed by atoms with E-state index in [9.17, 15) is 52.7 Å². The second-order valence-corrected chi connectivity index (χ2v) is 7.64. The summed E-state index contributed by atoms with van der Waals surface area (Å²) in [6.07, 6.45) is -5.32. The van der Waals surface area contributed by atoms with Crippen LogP contribution in [-0.2, 0) is 0 Å². The van der Waals surface area contributed by atoms with Gasteiger partial charge in [-0.05, 0) is 12.8 Å². The van der Waals surface area contributed by atoms with Gasteiger partial charge in [0.1, 0.15) is 0 Å². The van der Waals surface area contributed by atoms with Crippen LogP contribution in [-0.4, -0.2) is 59.0 Å². The number of hydrogen-bond acceptors (Lipinski definition) is 2. The van der Waals surface area contributed by atoms with Crippen molar-refractivity contribution in [3.63, 3.8) is 0 Å². The van der Waals surface area contributed by atoms with Crippen LogP contribution in [0.3, 0.4) is 0 Å². The van der Waals surface area contributed by atoms with Gasteiger partial charge in [-0.2, -0.15) is 52.7 Å². The Bertz CT molecular complexity index is 562. The van der Waals surface area contributed by atoms with Gasteiger partial charge in [0.2, 0.25) is 0 Å². The molecule has 0 saturated heterocycles. The van der Waals surface area contributed by atoms with Crippen LogP contribution in [0.2, 0.25) is 0 Å². The van der Waals surface area contributed by atoms with Crippen LogP contribution in [0.25, 0.3) is 0 Å². The zero-order chi connectivity index (χ0) is 25.6. The van der Waals surface area contributed by atoms with E-state index in [1.54, 1.807) is 6.92 Å². The minimum absolute atomic E-state index is 0.160. The molecule has 0 fully saturated rings. The smallest absolute Gasteiger partial charge is 0.384 e. The van der Waals surface area contributed by atoms with Crippen LogP contribution >= 0.6 is 0 Å². The lowest BCUT2D eigenvalue weighted by Gasteiger charge is -2.41. The second-order valence-electron chi connectivity index (χ2n) is 7.64. The summed E-state index contributed by atoms with van der Waals surface area (Å²) in [6, 6.07) is 0. The number of rotatable bonds is 16. The molecule has 0 aliphatic rings. The van der Waals surface area contributed by atoms with E-state index in [4.69, 9.17) is 10.2 Å². The van der Waals surface area contributed by atoms with Crippen molar-refractivity contribution >= 4 is 0 Å². The lowest BCUT2D eigenvalue weighted by Crippen LogP contribution is -2.70. The van der Waals surface area contributed by atoms with Crippen LogP contribution in [0.15, 0.2) is 0 Å². The number of alkyl halides is 12. The molecule has 0 aliphatic heterocycles. The molecule has 0 aromatic heterocycles. The molecule has 0 bridgehead atoms. The topological polar surface area (TPSA) is 40.5 Å². The van der Waals surface area contributed by atoms with E-state index >= 15 is 0 Å². The first-order valence-electron chi connectivity index (χ1n) is 9.79. The molecule has 0 atom stereocenters. The Kier molecular flexibility index (Phi) is 10.7. The standard InChI is InChI=1S/C18H26F12O2/c1-2-3-4-5-6-8-13(19,20)15(23,24)17(27,28)18(29,30)16(25,26)14(21,22)9-7-12(10-31)11-32/h12,31-32H,2-11H2,1H3. The molecule has 194 valence electrons. The molecule has 0 amide bonds. The van der Waals surface area contributed by atoms with Gasteiger partial charge in [0.15, 0.2) is 0 Å². The Morgan fingerprint density at radius 2 is 0.906 bits per heavy atom. The van der Waals surface area contributed by atoms with E-state index < -0.39 is 80.4 Å². The predicted octanol–water partition coefficient (Wildman–Crippen LogP) is 6.54. The van der Waals surface area contributed by atoms with Gasteiger partial charge >= 0.3 is 35.5 Å². The predicted molar refractivity (Wildman–Crippen MR) is 90.0 cm³/mol. The number of aliphatic hydroxyl groups excluding tert-OH is 2. The fourth-order valence-corrected chi connectivity index (χ4v) is 2.74. The summed E-state index contributed by atoms with van der Waals surface area (Å²) in [7, 11) is 0. The van der Waals surface area contributed by atoms with Crippen LogP contribution < -0.4 is 0 Å². The molecule has 0 aliphatic carbocycles. The number of halogens is 12. The molecule has 0 unspecified atom stereocenters. The summed E-state index contributed by atoms with van der Waals surface area (Å²) in [4.78, 5) is 0. The summed E-state index contributed by atoms with van der Waals surface area (Å²) in [6.45, 7) is -0.421. The van der Waals surface area contributed by atoms with Crippen molar-refractivity contribution in [3.8, 4) is 0 Å². The average molecular weight is 502 g/mol. The number of hydrogen-bond donors (Lipinski definition) is 2. The Labute approximate surface area is 177 Å². The maximum atomic E-state index is 13.8. The molecule has 0 spiro atoms. The van der Waals surface area contributed by atoms with Crippen molar-refractivity contribution in [3.05, 3.63) is 0 Å². The molecular weight excluding hydrogens is 476 g/mol. The highest BCUT2D eigenvalue weighted by molar-refractivity contribution is 5.11. The largest absolute Gasteiger partial charge is 0.396 e. The molecule has 0 rings (SSSR count). The van der Waals surface area contributed by atoms with Gasteiger partial charge in [0.25, 0.3) is 0 Å². The van der Waals surface area contributed by atoms with E-state index in [0.29, 0.717) is 12.8 Å². The average Bonchev–Trinajstić information content (AvgIpc) is 2.67. The highest BCUT2D eigenvalue weighted by Gasteiger charge is 2.89. The van der Waals surface area contributed by atoms with E-state index in [2.05, 4.69) is 0 Å². The van der Waals surface area contributed by atoms with Gasteiger partial charge in [-0.15, -0.1) is 0 Å². The number of aliphatic hydroxyl groups is 2. The second kappa shape index (κ2) is 11.0. The molecule has 0 saturated carbocycles. The van der Waals surface area contributed by atoms with Crippen LogP contribution in [0, 0.1) is 5.92 Å². The molecule has 2 N–H and O–H groups in total. The van der Waals surface area contributed by atoms with Gasteiger partial charge in [-0.1, -0.05) is 32.6 Å². The first-order valence-corrected chi connectivity index (χ1v) is 9.79. The van der Waals surface area contributed by atoms with Crippen molar-refractivity contribution in [1.29, 1.82) is 0 Å². The maximum absolute atomic E-state index is 13.8. The van der Waals surface area contributed by atoms with E-state index in [1.807, 2.05) is 0 Å². The van der Waals surface area contributed by atoms with Gasteiger partial charge < -0.3 is 10.2 Å². The van der Waals surface area contributed by atoms with Gasteiger partial charge in [0, 0.05) is 32.0 Å². The summed E-state index contributed by atoms with van der Waals surface area (Å²) in [5.41, 5.74) is 0. The molecule has 0 heterocycles. The van der Waals surface area contributed by atoms with Crippen molar-refractivity contribution in [1.82, 2.24) is 0 Å². The molecule has 2 nitrogen and oxygen atoms in total. The quantitative estimate of drug-likeness (QED) is 0.186. The Morgan fingerprint density at radius 1 is 0.531 bits per heavy atom. The Balaban J connectivity index is 5.81. The lowest BCUT2D eigenvalue weighted by molar-refractivity contribution is -0.426. The molecule has 32 heavy (non-hydrogen) atoms. The minimum Gasteiger partial charge on any atom is -0.396 e. The van der Waals surface area contributed by atoms with Gasteiger partial charge in [0.05, 0.1) is 0 Å².